The molecule has 0 fully saturated rings. The third-order valence-corrected chi connectivity index (χ3v) is 3.77. The van der Waals surface area contributed by atoms with Crippen LogP contribution in [0.1, 0.15) is 23.3 Å². The fourth-order valence-corrected chi connectivity index (χ4v) is 2.58. The highest BCUT2D eigenvalue weighted by Gasteiger charge is 2.24. The Bertz CT molecular complexity index is 928. The van der Waals surface area contributed by atoms with Crippen LogP contribution >= 0.6 is 11.6 Å². The Hall–Kier alpha value is -2.83. The van der Waals surface area contributed by atoms with Crippen LogP contribution in [0.2, 0.25) is 5.02 Å². The average molecular weight is 359 g/mol. The Morgan fingerprint density at radius 3 is 2.72 bits per heavy atom. The second kappa shape index (κ2) is 7.38. The number of aromatic hydroxyl groups is 1. The van der Waals surface area contributed by atoms with Gasteiger partial charge in [0.15, 0.2) is 5.76 Å². The third kappa shape index (κ3) is 3.81. The summed E-state index contributed by atoms with van der Waals surface area (Å²) in [5, 5.41) is 23.2. The van der Waals surface area contributed by atoms with Crippen LogP contribution in [0.15, 0.2) is 63.9 Å². The van der Waals surface area contributed by atoms with E-state index < -0.39 is 23.8 Å². The van der Waals surface area contributed by atoms with Gasteiger partial charge in [0.05, 0.1) is 5.69 Å². The summed E-state index contributed by atoms with van der Waals surface area (Å²) in [4.78, 5) is 16.2. The molecule has 3 N–H and O–H groups in total. The molecule has 1 atom stereocenters. The topological polar surface area (TPSA) is 95.6 Å². The number of halogens is 1. The first-order valence-electron chi connectivity index (χ1n) is 7.48. The number of hydrogen-bond donors (Lipinski definition) is 3. The molecule has 3 aromatic rings. The Balaban J connectivity index is 2.12. The molecule has 0 saturated carbocycles. The second-order valence-corrected chi connectivity index (χ2v) is 5.73. The summed E-state index contributed by atoms with van der Waals surface area (Å²) in [7, 11) is 0. The van der Waals surface area contributed by atoms with Gasteiger partial charge < -0.3 is 19.9 Å². The fourth-order valence-electron chi connectivity index (χ4n) is 2.39. The number of rotatable bonds is 5. The molecule has 7 heteroatoms. The first kappa shape index (κ1) is 17.0. The van der Waals surface area contributed by atoms with Gasteiger partial charge in [0.1, 0.15) is 18.4 Å². The molecule has 2 aromatic heterocycles. The molecule has 1 aromatic carbocycles. The molecule has 128 valence electrons. The molecule has 0 spiro atoms. The molecule has 3 rings (SSSR count). The zero-order valence-electron chi connectivity index (χ0n) is 13.0. The summed E-state index contributed by atoms with van der Waals surface area (Å²) in [5.74, 6) is -0.524. The molecule has 0 aliphatic carbocycles. The average Bonchev–Trinajstić information content (AvgIpc) is 2.63. The molecule has 0 radical (unpaired) electrons. The van der Waals surface area contributed by atoms with Gasteiger partial charge in [-0.05, 0) is 30.3 Å². The molecule has 0 aliphatic heterocycles. The van der Waals surface area contributed by atoms with E-state index >= 15 is 0 Å². The molecule has 0 bridgehead atoms. The van der Waals surface area contributed by atoms with E-state index in [2.05, 4.69) is 10.3 Å². The zero-order valence-corrected chi connectivity index (χ0v) is 13.8. The van der Waals surface area contributed by atoms with Crippen molar-refractivity contribution in [2.75, 3.05) is 5.32 Å². The molecular formula is C18H15ClN2O4. The van der Waals surface area contributed by atoms with Gasteiger partial charge >= 0.3 is 0 Å². The highest BCUT2D eigenvalue weighted by atomic mass is 35.5. The lowest BCUT2D eigenvalue weighted by Gasteiger charge is -2.20. The minimum atomic E-state index is -0.751. The summed E-state index contributed by atoms with van der Waals surface area (Å²) in [6, 6.07) is 12.5. The van der Waals surface area contributed by atoms with E-state index in [0.29, 0.717) is 16.4 Å². The summed E-state index contributed by atoms with van der Waals surface area (Å²) < 4.78 is 5.52. The maximum atomic E-state index is 12.0. The number of anilines is 1. The van der Waals surface area contributed by atoms with Gasteiger partial charge in [0.2, 0.25) is 11.2 Å². The lowest BCUT2D eigenvalue weighted by molar-refractivity contribution is 0.234. The number of hydrogen-bond acceptors (Lipinski definition) is 6. The van der Waals surface area contributed by atoms with E-state index in [-0.39, 0.29) is 11.5 Å². The molecular weight excluding hydrogens is 344 g/mol. The van der Waals surface area contributed by atoms with Crippen LogP contribution in [-0.4, -0.2) is 15.2 Å². The Labute approximate surface area is 148 Å². The van der Waals surface area contributed by atoms with Crippen molar-refractivity contribution >= 4 is 17.3 Å². The van der Waals surface area contributed by atoms with Crippen LogP contribution in [0, 0.1) is 0 Å². The number of aromatic nitrogens is 1. The smallest absolute Gasteiger partial charge is 0.227 e. The van der Waals surface area contributed by atoms with E-state index in [9.17, 15) is 15.0 Å². The molecule has 0 saturated heterocycles. The minimum absolute atomic E-state index is 0.0322. The van der Waals surface area contributed by atoms with Crippen molar-refractivity contribution in [1.29, 1.82) is 0 Å². The van der Waals surface area contributed by atoms with E-state index in [4.69, 9.17) is 16.0 Å². The maximum absolute atomic E-state index is 12.0. The van der Waals surface area contributed by atoms with Gasteiger partial charge in [-0.1, -0.05) is 23.7 Å². The first-order valence-corrected chi connectivity index (χ1v) is 7.86. The van der Waals surface area contributed by atoms with E-state index in [0.717, 1.165) is 6.07 Å². The number of aliphatic hydroxyl groups excluding tert-OH is 1. The van der Waals surface area contributed by atoms with E-state index in [1.165, 1.54) is 0 Å². The van der Waals surface area contributed by atoms with E-state index in [1.807, 2.05) is 0 Å². The van der Waals surface area contributed by atoms with Crippen molar-refractivity contribution in [3.63, 3.8) is 0 Å². The number of benzene rings is 1. The van der Waals surface area contributed by atoms with Gasteiger partial charge in [-0.25, -0.2) is 0 Å². The van der Waals surface area contributed by atoms with Gasteiger partial charge in [-0.2, -0.15) is 0 Å². The summed E-state index contributed by atoms with van der Waals surface area (Å²) in [6.07, 6.45) is 1.59. The zero-order chi connectivity index (χ0) is 17.8. The number of pyridine rings is 1. The summed E-state index contributed by atoms with van der Waals surface area (Å²) >= 11 is 6.01. The van der Waals surface area contributed by atoms with Crippen LogP contribution in [-0.2, 0) is 6.61 Å². The normalized spacial score (nSPS) is 11.9. The Morgan fingerprint density at radius 1 is 1.20 bits per heavy atom. The molecule has 0 amide bonds. The van der Waals surface area contributed by atoms with Crippen molar-refractivity contribution < 1.29 is 14.6 Å². The van der Waals surface area contributed by atoms with Gasteiger partial charge in [-0.15, -0.1) is 0 Å². The number of nitrogens with one attached hydrogen (secondary N) is 1. The molecule has 0 unspecified atom stereocenters. The Morgan fingerprint density at radius 2 is 2.04 bits per heavy atom. The monoisotopic (exact) mass is 358 g/mol. The third-order valence-electron chi connectivity index (χ3n) is 3.54. The largest absolute Gasteiger partial charge is 0.502 e. The highest BCUT2D eigenvalue weighted by Crippen LogP contribution is 2.31. The van der Waals surface area contributed by atoms with Crippen molar-refractivity contribution in [1.82, 2.24) is 4.98 Å². The van der Waals surface area contributed by atoms with Crippen molar-refractivity contribution in [2.24, 2.45) is 0 Å². The van der Waals surface area contributed by atoms with Crippen molar-refractivity contribution in [2.45, 2.75) is 12.6 Å². The number of aliphatic hydroxyl groups is 1. The molecule has 2 heterocycles. The van der Waals surface area contributed by atoms with Gasteiger partial charge in [0, 0.05) is 23.0 Å². The van der Waals surface area contributed by atoms with Crippen molar-refractivity contribution in [3.05, 3.63) is 87.2 Å². The summed E-state index contributed by atoms with van der Waals surface area (Å²) in [5.41, 5.74) is 0.537. The van der Waals surface area contributed by atoms with Crippen LogP contribution in [0.4, 0.5) is 5.69 Å². The van der Waals surface area contributed by atoms with Gasteiger partial charge in [-0.3, -0.25) is 9.78 Å². The van der Waals surface area contributed by atoms with Crippen LogP contribution in [0.5, 0.6) is 5.75 Å². The fraction of sp³-hybridized carbons (Fsp3) is 0.111. The second-order valence-electron chi connectivity index (χ2n) is 5.29. The standard InChI is InChI=1S/C18H15ClN2O4/c19-11-4-3-5-12(8-11)21-16(14-6-1-2-7-20-14)18-17(24)15(23)9-13(10-22)25-18/h1-9,16,21-22,24H,10H2/t16-/m1/s1. The lowest BCUT2D eigenvalue weighted by atomic mass is 10.1. The molecule has 6 nitrogen and oxygen atoms in total. The predicted octanol–water partition coefficient (Wildman–Crippen LogP) is 3.09. The summed E-state index contributed by atoms with van der Waals surface area (Å²) in [6.45, 7) is -0.464. The lowest BCUT2D eigenvalue weighted by Crippen LogP contribution is -2.17. The van der Waals surface area contributed by atoms with E-state index in [1.54, 1.807) is 48.7 Å². The highest BCUT2D eigenvalue weighted by molar-refractivity contribution is 6.30. The quantitative estimate of drug-likeness (QED) is 0.648. The Kier molecular flexibility index (Phi) is 5.02. The first-order chi connectivity index (χ1) is 12.1. The predicted molar refractivity (Wildman–Crippen MR) is 93.7 cm³/mol. The van der Waals surface area contributed by atoms with Crippen molar-refractivity contribution in [3.8, 4) is 5.75 Å². The molecule has 0 aliphatic rings. The van der Waals surface area contributed by atoms with Crippen LogP contribution < -0.4 is 10.7 Å². The minimum Gasteiger partial charge on any atom is -0.502 e. The number of nitrogens with zero attached hydrogens (tertiary/aromatic N) is 1. The van der Waals surface area contributed by atoms with Crippen LogP contribution in [0.3, 0.4) is 0 Å². The van der Waals surface area contributed by atoms with Crippen LogP contribution in [0.25, 0.3) is 0 Å². The van der Waals surface area contributed by atoms with Gasteiger partial charge in [0.25, 0.3) is 0 Å². The molecule has 25 heavy (non-hydrogen) atoms. The SMILES string of the molecule is O=c1cc(CO)oc([C@H](Nc2cccc(Cl)c2)c2ccccn2)c1O. The maximum Gasteiger partial charge on any atom is 0.227 e.